The van der Waals surface area contributed by atoms with Gasteiger partial charge < -0.3 is 9.80 Å². The summed E-state index contributed by atoms with van der Waals surface area (Å²) in [6.07, 6.45) is 7.57. The SMILES string of the molecule is CN(C)c1ncc(-c2cncnc2)c(C2CCN(C(=O)C(C)(C)c3cccc(F)c3)C2)n1. The molecule has 4 rings (SSSR count). The van der Waals surface area contributed by atoms with E-state index in [0.29, 0.717) is 24.6 Å². The van der Waals surface area contributed by atoms with Crippen LogP contribution in [-0.2, 0) is 10.2 Å². The van der Waals surface area contributed by atoms with Gasteiger partial charge in [0.1, 0.15) is 12.1 Å². The quantitative estimate of drug-likeness (QED) is 0.613. The molecule has 3 heterocycles. The van der Waals surface area contributed by atoms with E-state index in [0.717, 1.165) is 23.2 Å². The number of nitrogens with zero attached hydrogens (tertiary/aromatic N) is 6. The minimum atomic E-state index is -0.826. The van der Waals surface area contributed by atoms with E-state index >= 15 is 0 Å². The van der Waals surface area contributed by atoms with Crippen LogP contribution in [0.25, 0.3) is 11.1 Å². The Morgan fingerprint density at radius 2 is 1.94 bits per heavy atom. The second kappa shape index (κ2) is 8.61. The second-order valence-electron chi connectivity index (χ2n) is 8.86. The van der Waals surface area contributed by atoms with E-state index in [1.807, 2.05) is 37.7 Å². The highest BCUT2D eigenvalue weighted by atomic mass is 19.1. The van der Waals surface area contributed by atoms with Crippen LogP contribution in [0.15, 0.2) is 49.2 Å². The number of anilines is 1. The predicted molar refractivity (Wildman–Crippen MR) is 121 cm³/mol. The van der Waals surface area contributed by atoms with Crippen LogP contribution in [0.2, 0.25) is 0 Å². The first kappa shape index (κ1) is 21.8. The first-order valence-electron chi connectivity index (χ1n) is 10.6. The molecule has 1 amide bonds. The highest BCUT2D eigenvalue weighted by molar-refractivity contribution is 5.87. The lowest BCUT2D eigenvalue weighted by Gasteiger charge is -2.30. The van der Waals surface area contributed by atoms with Gasteiger partial charge in [-0.3, -0.25) is 4.79 Å². The van der Waals surface area contributed by atoms with Crippen molar-refractivity contribution >= 4 is 11.9 Å². The van der Waals surface area contributed by atoms with Crippen molar-refractivity contribution in [3.63, 3.8) is 0 Å². The van der Waals surface area contributed by atoms with Crippen LogP contribution in [0.1, 0.15) is 37.4 Å². The highest BCUT2D eigenvalue weighted by Gasteiger charge is 2.38. The van der Waals surface area contributed by atoms with Crippen molar-refractivity contribution in [1.29, 1.82) is 0 Å². The number of hydrogen-bond acceptors (Lipinski definition) is 6. The zero-order chi connectivity index (χ0) is 22.9. The van der Waals surface area contributed by atoms with Crippen LogP contribution in [0, 0.1) is 5.82 Å². The molecule has 2 aromatic heterocycles. The average molecular weight is 435 g/mol. The minimum Gasteiger partial charge on any atom is -0.347 e. The zero-order valence-corrected chi connectivity index (χ0v) is 18.8. The second-order valence-corrected chi connectivity index (χ2v) is 8.86. The molecule has 1 aromatic carbocycles. The first-order chi connectivity index (χ1) is 15.3. The highest BCUT2D eigenvalue weighted by Crippen LogP contribution is 2.36. The van der Waals surface area contributed by atoms with Gasteiger partial charge >= 0.3 is 0 Å². The molecule has 166 valence electrons. The van der Waals surface area contributed by atoms with Gasteiger partial charge in [0, 0.05) is 62.8 Å². The van der Waals surface area contributed by atoms with E-state index in [4.69, 9.17) is 4.98 Å². The lowest BCUT2D eigenvalue weighted by molar-refractivity contribution is -0.135. The summed E-state index contributed by atoms with van der Waals surface area (Å²) in [5.74, 6) is 0.316. The molecule has 0 radical (unpaired) electrons. The van der Waals surface area contributed by atoms with Crippen LogP contribution < -0.4 is 4.90 Å². The van der Waals surface area contributed by atoms with Crippen molar-refractivity contribution in [3.05, 3.63) is 66.3 Å². The summed E-state index contributed by atoms with van der Waals surface area (Å²) in [6, 6.07) is 6.27. The van der Waals surface area contributed by atoms with Gasteiger partial charge in [-0.05, 0) is 38.0 Å². The molecule has 0 bridgehead atoms. The third-order valence-corrected chi connectivity index (χ3v) is 6.02. The summed E-state index contributed by atoms with van der Waals surface area (Å²) >= 11 is 0. The molecule has 1 atom stereocenters. The van der Waals surface area contributed by atoms with Gasteiger partial charge in [0.05, 0.1) is 11.1 Å². The molecule has 0 N–H and O–H groups in total. The first-order valence-corrected chi connectivity index (χ1v) is 10.6. The van der Waals surface area contributed by atoms with Gasteiger partial charge in [0.2, 0.25) is 11.9 Å². The maximum absolute atomic E-state index is 13.8. The summed E-state index contributed by atoms with van der Waals surface area (Å²) in [4.78, 5) is 34.7. The molecule has 1 unspecified atom stereocenters. The fourth-order valence-corrected chi connectivity index (χ4v) is 4.14. The number of amides is 1. The monoisotopic (exact) mass is 434 g/mol. The van der Waals surface area contributed by atoms with Crippen molar-refractivity contribution in [2.24, 2.45) is 0 Å². The molecule has 0 aliphatic carbocycles. The Bertz CT molecular complexity index is 1120. The third-order valence-electron chi connectivity index (χ3n) is 6.02. The largest absolute Gasteiger partial charge is 0.347 e. The Morgan fingerprint density at radius 3 is 2.62 bits per heavy atom. The van der Waals surface area contributed by atoms with E-state index in [2.05, 4.69) is 15.0 Å². The van der Waals surface area contributed by atoms with Crippen molar-refractivity contribution in [3.8, 4) is 11.1 Å². The number of aromatic nitrogens is 4. The van der Waals surface area contributed by atoms with Crippen molar-refractivity contribution < 1.29 is 9.18 Å². The molecule has 32 heavy (non-hydrogen) atoms. The third kappa shape index (κ3) is 4.17. The van der Waals surface area contributed by atoms with Crippen molar-refractivity contribution in [2.75, 3.05) is 32.1 Å². The number of hydrogen-bond donors (Lipinski definition) is 0. The summed E-state index contributed by atoms with van der Waals surface area (Å²) in [6.45, 7) is 4.86. The molecular formula is C24H27FN6O. The van der Waals surface area contributed by atoms with Gasteiger partial charge in [-0.25, -0.2) is 24.3 Å². The summed E-state index contributed by atoms with van der Waals surface area (Å²) in [5, 5.41) is 0. The van der Waals surface area contributed by atoms with E-state index in [-0.39, 0.29) is 17.6 Å². The Hall–Kier alpha value is -3.42. The van der Waals surface area contributed by atoms with Crippen LogP contribution in [-0.4, -0.2) is 57.9 Å². The topological polar surface area (TPSA) is 75.1 Å². The van der Waals surface area contributed by atoms with Crippen LogP contribution in [0.4, 0.5) is 10.3 Å². The Morgan fingerprint density at radius 1 is 1.19 bits per heavy atom. The van der Waals surface area contributed by atoms with Crippen molar-refractivity contribution in [1.82, 2.24) is 24.8 Å². The maximum atomic E-state index is 13.8. The zero-order valence-electron chi connectivity index (χ0n) is 18.8. The normalized spacial score (nSPS) is 16.3. The molecule has 1 aliphatic heterocycles. The lowest BCUT2D eigenvalue weighted by atomic mass is 9.83. The lowest BCUT2D eigenvalue weighted by Crippen LogP contribution is -2.42. The van der Waals surface area contributed by atoms with Gasteiger partial charge in [-0.2, -0.15) is 0 Å². The predicted octanol–water partition coefficient (Wildman–Crippen LogP) is 3.43. The fourth-order valence-electron chi connectivity index (χ4n) is 4.14. The van der Waals surface area contributed by atoms with E-state index in [1.54, 1.807) is 30.7 Å². The number of carbonyl (C=O) groups excluding carboxylic acids is 1. The van der Waals surface area contributed by atoms with Crippen LogP contribution in [0.5, 0.6) is 0 Å². The minimum absolute atomic E-state index is 0.0166. The molecular weight excluding hydrogens is 407 g/mol. The molecule has 1 aliphatic rings. The number of halogens is 1. The smallest absolute Gasteiger partial charge is 0.232 e. The summed E-state index contributed by atoms with van der Waals surface area (Å²) in [5.41, 5.74) is 2.45. The van der Waals surface area contributed by atoms with Crippen LogP contribution >= 0.6 is 0 Å². The Balaban J connectivity index is 1.63. The van der Waals surface area contributed by atoms with E-state index in [1.165, 1.54) is 18.5 Å². The van der Waals surface area contributed by atoms with Crippen LogP contribution in [0.3, 0.4) is 0 Å². The average Bonchev–Trinajstić information content (AvgIpc) is 3.28. The van der Waals surface area contributed by atoms with E-state index < -0.39 is 5.41 Å². The Labute approximate surface area is 187 Å². The number of carbonyl (C=O) groups is 1. The van der Waals surface area contributed by atoms with Gasteiger partial charge in [0.25, 0.3) is 0 Å². The van der Waals surface area contributed by atoms with Crippen molar-refractivity contribution in [2.45, 2.75) is 31.6 Å². The molecule has 1 fully saturated rings. The molecule has 1 saturated heterocycles. The van der Waals surface area contributed by atoms with Gasteiger partial charge in [0.15, 0.2) is 0 Å². The molecule has 0 saturated carbocycles. The molecule has 3 aromatic rings. The number of likely N-dealkylation sites (tertiary alicyclic amines) is 1. The maximum Gasteiger partial charge on any atom is 0.232 e. The standard InChI is InChI=1S/C24H27FN6O/c1-24(2,18-6-5-7-19(25)10-18)22(32)31-9-8-16(14-31)21-20(17-11-26-15-27-12-17)13-28-23(29-21)30(3)4/h5-7,10-13,15-16H,8-9,14H2,1-4H3. The van der Waals surface area contributed by atoms with E-state index in [9.17, 15) is 9.18 Å². The fraction of sp³-hybridized carbons (Fsp3) is 0.375. The molecule has 0 spiro atoms. The Kier molecular flexibility index (Phi) is 5.86. The summed E-state index contributed by atoms with van der Waals surface area (Å²) in [7, 11) is 3.80. The molecule has 7 nitrogen and oxygen atoms in total. The number of benzene rings is 1. The van der Waals surface area contributed by atoms with Gasteiger partial charge in [-0.15, -0.1) is 0 Å². The number of rotatable bonds is 5. The summed E-state index contributed by atoms with van der Waals surface area (Å²) < 4.78 is 13.8. The molecule has 8 heteroatoms. The van der Waals surface area contributed by atoms with Gasteiger partial charge in [-0.1, -0.05) is 12.1 Å².